The van der Waals surface area contributed by atoms with Gasteiger partial charge in [-0.05, 0) is 12.8 Å². The molecule has 2 atom stereocenters. The van der Waals surface area contributed by atoms with Crippen LogP contribution >= 0.6 is 11.6 Å². The Labute approximate surface area is 101 Å². The molecule has 2 unspecified atom stereocenters. The molecular weight excluding hydrogens is 232 g/mol. The highest BCUT2D eigenvalue weighted by molar-refractivity contribution is 6.17. The fraction of sp³-hybridized carbons (Fsp3) is 0.818. The molecule has 0 saturated carbocycles. The number of halogens is 1. The Morgan fingerprint density at radius 2 is 2.31 bits per heavy atom. The van der Waals surface area contributed by atoms with Crippen molar-refractivity contribution in [2.24, 2.45) is 11.8 Å². The minimum Gasteiger partial charge on any atom is -0.469 e. The molecule has 4 nitrogen and oxygen atoms in total. The van der Waals surface area contributed by atoms with E-state index < -0.39 is 0 Å². The molecule has 0 aromatic carbocycles. The zero-order chi connectivity index (χ0) is 12.6. The molecule has 0 amide bonds. The Morgan fingerprint density at radius 3 is 2.56 bits per heavy atom. The number of cyclic esters (lactones) is 1. The maximum absolute atomic E-state index is 10.6. The Kier molecular flexibility index (Phi) is 7.99. The van der Waals surface area contributed by atoms with Gasteiger partial charge in [-0.15, -0.1) is 11.6 Å². The topological polar surface area (TPSA) is 52.6 Å². The van der Waals surface area contributed by atoms with Crippen molar-refractivity contribution in [3.8, 4) is 0 Å². The third-order valence-electron chi connectivity index (χ3n) is 2.34. The number of hydrogen-bond acceptors (Lipinski definition) is 4. The minimum atomic E-state index is -0.185. The second-order valence-electron chi connectivity index (χ2n) is 3.76. The van der Waals surface area contributed by atoms with E-state index in [-0.39, 0.29) is 23.8 Å². The second kappa shape index (κ2) is 8.39. The average molecular weight is 251 g/mol. The van der Waals surface area contributed by atoms with E-state index in [1.54, 1.807) is 6.92 Å². The molecule has 0 aromatic heterocycles. The van der Waals surface area contributed by atoms with Gasteiger partial charge in [0, 0.05) is 5.88 Å². The Bertz CT molecular complexity index is 230. The molecule has 1 heterocycles. The van der Waals surface area contributed by atoms with E-state index in [1.807, 2.05) is 6.92 Å². The number of ether oxygens (including phenoxy) is 2. The summed E-state index contributed by atoms with van der Waals surface area (Å²) in [5.74, 6) is 0.374. The van der Waals surface area contributed by atoms with Crippen molar-refractivity contribution in [3.63, 3.8) is 0 Å². The van der Waals surface area contributed by atoms with E-state index in [0.29, 0.717) is 18.9 Å². The SMILES string of the molecule is CC1CCOC1=O.COC(=O)C(C)CCCl. The number of rotatable bonds is 3. The molecule has 1 aliphatic rings. The van der Waals surface area contributed by atoms with Crippen LogP contribution in [0.15, 0.2) is 0 Å². The number of methoxy groups -OCH3 is 1. The maximum atomic E-state index is 10.6. The third-order valence-corrected chi connectivity index (χ3v) is 2.56. The predicted molar refractivity (Wildman–Crippen MR) is 61.3 cm³/mol. The summed E-state index contributed by atoms with van der Waals surface area (Å²) in [4.78, 5) is 21.0. The summed E-state index contributed by atoms with van der Waals surface area (Å²) in [5.41, 5.74) is 0. The zero-order valence-corrected chi connectivity index (χ0v) is 10.8. The highest BCUT2D eigenvalue weighted by Crippen LogP contribution is 2.11. The van der Waals surface area contributed by atoms with Crippen molar-refractivity contribution >= 4 is 23.5 Å². The van der Waals surface area contributed by atoms with Gasteiger partial charge < -0.3 is 9.47 Å². The fourth-order valence-electron chi connectivity index (χ4n) is 1.08. The lowest BCUT2D eigenvalue weighted by Gasteiger charge is -2.04. The zero-order valence-electron chi connectivity index (χ0n) is 9.99. The normalized spacial score (nSPS) is 20.5. The fourth-order valence-corrected chi connectivity index (χ4v) is 1.41. The molecule has 1 saturated heterocycles. The van der Waals surface area contributed by atoms with Gasteiger partial charge >= 0.3 is 11.9 Å². The molecule has 0 bridgehead atoms. The lowest BCUT2D eigenvalue weighted by Crippen LogP contribution is -2.12. The molecule has 5 heteroatoms. The molecule has 94 valence electrons. The Hall–Kier alpha value is -0.770. The first kappa shape index (κ1) is 15.2. The molecule has 0 aliphatic carbocycles. The number of carbonyl (C=O) groups is 2. The van der Waals surface area contributed by atoms with Crippen LogP contribution in [-0.4, -0.2) is 31.5 Å². The third kappa shape index (κ3) is 5.95. The quantitative estimate of drug-likeness (QED) is 0.568. The summed E-state index contributed by atoms with van der Waals surface area (Å²) >= 11 is 5.39. The van der Waals surface area contributed by atoms with Gasteiger partial charge in [0.1, 0.15) is 0 Å². The maximum Gasteiger partial charge on any atom is 0.308 e. The van der Waals surface area contributed by atoms with E-state index in [9.17, 15) is 9.59 Å². The van der Waals surface area contributed by atoms with Crippen molar-refractivity contribution in [1.82, 2.24) is 0 Å². The first-order valence-electron chi connectivity index (χ1n) is 5.33. The van der Waals surface area contributed by atoms with Gasteiger partial charge in [-0.1, -0.05) is 13.8 Å². The molecule has 16 heavy (non-hydrogen) atoms. The van der Waals surface area contributed by atoms with E-state index in [4.69, 9.17) is 11.6 Å². The number of alkyl halides is 1. The molecule has 1 fully saturated rings. The highest BCUT2D eigenvalue weighted by atomic mass is 35.5. The van der Waals surface area contributed by atoms with Gasteiger partial charge in [-0.2, -0.15) is 0 Å². The van der Waals surface area contributed by atoms with Gasteiger partial charge in [0.2, 0.25) is 0 Å². The summed E-state index contributed by atoms with van der Waals surface area (Å²) in [7, 11) is 1.38. The van der Waals surface area contributed by atoms with Crippen LogP contribution in [0.5, 0.6) is 0 Å². The van der Waals surface area contributed by atoms with Gasteiger partial charge in [-0.3, -0.25) is 9.59 Å². The summed E-state index contributed by atoms with van der Waals surface area (Å²) in [6.07, 6.45) is 1.59. The van der Waals surface area contributed by atoms with E-state index in [1.165, 1.54) is 7.11 Å². The summed E-state index contributed by atoms with van der Waals surface area (Å²) in [6, 6.07) is 0. The molecule has 0 N–H and O–H groups in total. The average Bonchev–Trinajstić information content (AvgIpc) is 2.63. The number of hydrogen-bond donors (Lipinski definition) is 0. The summed E-state index contributed by atoms with van der Waals surface area (Å²) in [5, 5.41) is 0. The van der Waals surface area contributed by atoms with Gasteiger partial charge in [0.05, 0.1) is 25.6 Å². The van der Waals surface area contributed by atoms with Gasteiger partial charge in [0.25, 0.3) is 0 Å². The van der Waals surface area contributed by atoms with Crippen molar-refractivity contribution in [2.75, 3.05) is 19.6 Å². The van der Waals surface area contributed by atoms with Crippen molar-refractivity contribution in [3.05, 3.63) is 0 Å². The van der Waals surface area contributed by atoms with Gasteiger partial charge in [0.15, 0.2) is 0 Å². The number of esters is 2. The molecule has 0 spiro atoms. The molecule has 1 rings (SSSR count). The Balaban J connectivity index is 0.000000288. The van der Waals surface area contributed by atoms with Gasteiger partial charge in [-0.25, -0.2) is 0 Å². The highest BCUT2D eigenvalue weighted by Gasteiger charge is 2.20. The van der Waals surface area contributed by atoms with E-state index in [0.717, 1.165) is 6.42 Å². The standard InChI is InChI=1S/C6H11ClO2.C5H8O2/c1-5(3-4-7)6(8)9-2;1-4-2-3-7-5(4)6/h5H,3-4H2,1-2H3;4H,2-3H2,1H3. The monoisotopic (exact) mass is 250 g/mol. The van der Waals surface area contributed by atoms with Crippen LogP contribution in [0.25, 0.3) is 0 Å². The number of carbonyl (C=O) groups excluding carboxylic acids is 2. The lowest BCUT2D eigenvalue weighted by atomic mass is 10.1. The van der Waals surface area contributed by atoms with Crippen LogP contribution in [0.2, 0.25) is 0 Å². The van der Waals surface area contributed by atoms with Crippen LogP contribution < -0.4 is 0 Å². The molecule has 1 aliphatic heterocycles. The minimum absolute atomic E-state index is 0.0417. The van der Waals surface area contributed by atoms with Crippen LogP contribution in [-0.2, 0) is 19.1 Å². The largest absolute Gasteiger partial charge is 0.469 e. The Morgan fingerprint density at radius 1 is 1.69 bits per heavy atom. The molecular formula is C11H19ClO4. The summed E-state index contributed by atoms with van der Waals surface area (Å²) in [6.45, 7) is 4.31. The first-order valence-corrected chi connectivity index (χ1v) is 5.86. The first-order chi connectivity index (χ1) is 7.52. The molecule has 0 radical (unpaired) electrons. The van der Waals surface area contributed by atoms with Crippen molar-refractivity contribution in [2.45, 2.75) is 26.7 Å². The van der Waals surface area contributed by atoms with Crippen molar-refractivity contribution in [1.29, 1.82) is 0 Å². The smallest absolute Gasteiger partial charge is 0.308 e. The second-order valence-corrected chi connectivity index (χ2v) is 4.14. The summed E-state index contributed by atoms with van der Waals surface area (Å²) < 4.78 is 9.09. The van der Waals surface area contributed by atoms with Crippen LogP contribution in [0.1, 0.15) is 26.7 Å². The molecule has 0 aromatic rings. The lowest BCUT2D eigenvalue weighted by molar-refractivity contribution is -0.145. The van der Waals surface area contributed by atoms with E-state index >= 15 is 0 Å². The van der Waals surface area contributed by atoms with E-state index in [2.05, 4.69) is 9.47 Å². The van der Waals surface area contributed by atoms with Crippen LogP contribution in [0.3, 0.4) is 0 Å². The van der Waals surface area contributed by atoms with Crippen LogP contribution in [0, 0.1) is 11.8 Å². The van der Waals surface area contributed by atoms with Crippen LogP contribution in [0.4, 0.5) is 0 Å². The predicted octanol–water partition coefficient (Wildman–Crippen LogP) is 1.99. The van der Waals surface area contributed by atoms with Crippen molar-refractivity contribution < 1.29 is 19.1 Å².